The van der Waals surface area contributed by atoms with Gasteiger partial charge in [0.1, 0.15) is 28.5 Å². The highest BCUT2D eigenvalue weighted by molar-refractivity contribution is 7.99. The molecule has 2 saturated carbocycles. The van der Waals surface area contributed by atoms with E-state index < -0.39 is 105 Å². The van der Waals surface area contributed by atoms with Gasteiger partial charge < -0.3 is 10.6 Å². The third-order valence-electron chi connectivity index (χ3n) is 9.45. The summed E-state index contributed by atoms with van der Waals surface area (Å²) in [6, 6.07) is -0.362. The monoisotopic (exact) mass is 882 g/mol. The zero-order valence-corrected chi connectivity index (χ0v) is 33.8. The van der Waals surface area contributed by atoms with Crippen LogP contribution < -0.4 is 20.4 Å². The molecule has 2 aromatic rings. The lowest BCUT2D eigenvalue weighted by Crippen LogP contribution is -2.52. The summed E-state index contributed by atoms with van der Waals surface area (Å²) in [6.07, 6.45) is -6.19. The molecule has 1 unspecified atom stereocenters. The standard InChI is InChI=1S/C18H19F4N3O4S.C18H19F4N3O3S/c1-9-6-11(19)12(7-13(9)30(29)8-18(20,21)22)24-14(26)17(2,3)25(16(24)28)15(27)23-10-4-5-10;1-9-6-11(19)12(7-13(9)29-8-18(20,21)22)24-14(26)17(2,3)25(16(24)28)15(27)23-10-4-5-10/h6-7,10H,4-5,8H2,1-3H3,(H,23,27);6-7,10H,4-5,8H2,1-3H3,(H,23,27). The third kappa shape index (κ3) is 9.65. The summed E-state index contributed by atoms with van der Waals surface area (Å²) < 4.78 is 117. The van der Waals surface area contributed by atoms with Crippen molar-refractivity contribution in [2.45, 2.75) is 113 Å². The summed E-state index contributed by atoms with van der Waals surface area (Å²) >= 11 is 0.428. The summed E-state index contributed by atoms with van der Waals surface area (Å²) in [6.45, 7) is 8.00. The predicted molar refractivity (Wildman–Crippen MR) is 197 cm³/mol. The fraction of sp³-hybridized carbons (Fsp3) is 0.500. The molecule has 2 aliphatic heterocycles. The van der Waals surface area contributed by atoms with Crippen LogP contribution in [0.25, 0.3) is 0 Å². The Morgan fingerprint density at radius 3 is 1.51 bits per heavy atom. The Morgan fingerprint density at radius 2 is 1.12 bits per heavy atom. The quantitative estimate of drug-likeness (QED) is 0.158. The molecule has 0 spiro atoms. The molecule has 59 heavy (non-hydrogen) atoms. The van der Waals surface area contributed by atoms with Gasteiger partial charge in [0.05, 0.1) is 27.9 Å². The number of halogens is 8. The second kappa shape index (κ2) is 16.0. The summed E-state index contributed by atoms with van der Waals surface area (Å²) in [7, 11) is -2.58. The molecule has 6 rings (SSSR count). The number of hydrogen-bond donors (Lipinski definition) is 2. The van der Waals surface area contributed by atoms with Crippen molar-refractivity contribution in [3.63, 3.8) is 0 Å². The van der Waals surface area contributed by atoms with Crippen LogP contribution in [0.4, 0.5) is 65.7 Å². The normalized spacial score (nSPS) is 19.6. The van der Waals surface area contributed by atoms with E-state index in [2.05, 4.69) is 10.6 Å². The first-order chi connectivity index (χ1) is 27.1. The van der Waals surface area contributed by atoms with Gasteiger partial charge in [0, 0.05) is 21.9 Å². The summed E-state index contributed by atoms with van der Waals surface area (Å²) in [5.41, 5.74) is -4.16. The van der Waals surface area contributed by atoms with Gasteiger partial charge in [0.2, 0.25) is 0 Å². The molecule has 2 aliphatic carbocycles. The number of alkyl halides is 6. The van der Waals surface area contributed by atoms with E-state index in [0.717, 1.165) is 54.8 Å². The summed E-state index contributed by atoms with van der Waals surface area (Å²) in [5.74, 6) is -6.66. The van der Waals surface area contributed by atoms with E-state index in [9.17, 15) is 68.1 Å². The van der Waals surface area contributed by atoms with E-state index in [-0.39, 0.29) is 33.0 Å². The van der Waals surface area contributed by atoms with Crippen LogP contribution in [-0.2, 0) is 20.4 Å². The molecule has 2 N–H and O–H groups in total. The van der Waals surface area contributed by atoms with Crippen LogP contribution in [0, 0.1) is 25.5 Å². The van der Waals surface area contributed by atoms with E-state index >= 15 is 0 Å². The molecule has 1 atom stereocenters. The molecule has 13 nitrogen and oxygen atoms in total. The van der Waals surface area contributed by atoms with Gasteiger partial charge in [-0.1, -0.05) is 0 Å². The minimum absolute atomic E-state index is 0.0273. The molecule has 2 aromatic carbocycles. The SMILES string of the molecule is Cc1cc(F)c(N2C(=O)N(C(=O)NC3CC3)C(C)(C)C2=O)cc1S(=O)CC(F)(F)F.Cc1cc(F)c(N2C(=O)N(C(=O)NC3CC3)C(C)(C)C2=O)cc1SCC(F)(F)F. The van der Waals surface area contributed by atoms with Crippen LogP contribution >= 0.6 is 11.8 Å². The Labute approximate surface area is 338 Å². The largest absolute Gasteiger partial charge is 0.400 e. The van der Waals surface area contributed by atoms with Gasteiger partial charge in [0.15, 0.2) is 0 Å². The van der Waals surface area contributed by atoms with Crippen LogP contribution in [-0.4, -0.2) is 97.0 Å². The number of amides is 10. The zero-order chi connectivity index (χ0) is 44.3. The van der Waals surface area contributed by atoms with Gasteiger partial charge in [-0.2, -0.15) is 26.3 Å². The van der Waals surface area contributed by atoms with Crippen molar-refractivity contribution in [3.05, 3.63) is 47.0 Å². The number of nitrogens with one attached hydrogen (secondary N) is 2. The Morgan fingerprint density at radius 1 is 0.712 bits per heavy atom. The lowest BCUT2D eigenvalue weighted by atomic mass is 10.0. The minimum atomic E-state index is -4.73. The number of hydrogen-bond acceptors (Lipinski definition) is 8. The van der Waals surface area contributed by atoms with E-state index in [1.54, 1.807) is 0 Å². The van der Waals surface area contributed by atoms with Crippen molar-refractivity contribution in [1.82, 2.24) is 20.4 Å². The number of carbonyl (C=O) groups excluding carboxylic acids is 6. The Hall–Kier alpha value is -4.80. The van der Waals surface area contributed by atoms with E-state index in [4.69, 9.17) is 0 Å². The molecule has 0 bridgehead atoms. The second-order valence-electron chi connectivity index (χ2n) is 15.2. The molecule has 23 heteroatoms. The summed E-state index contributed by atoms with van der Waals surface area (Å²) in [4.78, 5) is 78.4. The summed E-state index contributed by atoms with van der Waals surface area (Å²) in [5, 5.41) is 5.18. The van der Waals surface area contributed by atoms with E-state index in [1.165, 1.54) is 41.5 Å². The number of rotatable bonds is 8. The molecule has 2 saturated heterocycles. The first-order valence-corrected chi connectivity index (χ1v) is 20.1. The highest BCUT2D eigenvalue weighted by atomic mass is 32.2. The average molecular weight is 883 g/mol. The fourth-order valence-electron chi connectivity index (χ4n) is 6.04. The first-order valence-electron chi connectivity index (χ1n) is 17.8. The average Bonchev–Trinajstić information content (AvgIpc) is 4.02. The minimum Gasteiger partial charge on any atom is -0.335 e. The van der Waals surface area contributed by atoms with Crippen molar-refractivity contribution in [2.75, 3.05) is 21.3 Å². The van der Waals surface area contributed by atoms with Gasteiger partial charge in [-0.3, -0.25) is 13.8 Å². The molecule has 322 valence electrons. The number of thioether (sulfide) groups is 1. The van der Waals surface area contributed by atoms with Crippen LogP contribution in [0.1, 0.15) is 64.5 Å². The van der Waals surface area contributed by atoms with Crippen LogP contribution in [0.5, 0.6) is 0 Å². The Bertz CT molecular complexity index is 2140. The maximum atomic E-state index is 14.6. The van der Waals surface area contributed by atoms with E-state index in [0.29, 0.717) is 26.5 Å². The predicted octanol–water partition coefficient (Wildman–Crippen LogP) is 7.43. The second-order valence-corrected chi connectivity index (χ2v) is 17.7. The third-order valence-corrected chi connectivity index (χ3v) is 12.2. The maximum absolute atomic E-state index is 14.6. The number of nitrogens with zero attached hydrogens (tertiary/aromatic N) is 4. The number of carbonyl (C=O) groups is 6. The van der Waals surface area contributed by atoms with E-state index in [1.807, 2.05) is 0 Å². The topological polar surface area (TPSA) is 157 Å². The molecule has 2 heterocycles. The lowest BCUT2D eigenvalue weighted by molar-refractivity contribution is -0.123. The first kappa shape index (κ1) is 45.3. The highest BCUT2D eigenvalue weighted by Gasteiger charge is 2.57. The number of anilines is 2. The van der Waals surface area contributed by atoms with Crippen LogP contribution in [0.15, 0.2) is 34.1 Å². The highest BCUT2D eigenvalue weighted by Crippen LogP contribution is 2.39. The van der Waals surface area contributed by atoms with Crippen molar-refractivity contribution < 1.29 is 68.1 Å². The van der Waals surface area contributed by atoms with Crippen molar-refractivity contribution >= 4 is 69.9 Å². The Balaban J connectivity index is 0.000000224. The fourth-order valence-corrected chi connectivity index (χ4v) is 7.96. The van der Waals surface area contributed by atoms with Crippen molar-refractivity contribution in [3.8, 4) is 0 Å². The molecule has 4 fully saturated rings. The van der Waals surface area contributed by atoms with Gasteiger partial charge in [-0.15, -0.1) is 11.8 Å². The van der Waals surface area contributed by atoms with Crippen LogP contribution in [0.3, 0.4) is 0 Å². The molecule has 4 aliphatic rings. The van der Waals surface area contributed by atoms with Gasteiger partial charge >= 0.3 is 36.5 Å². The molecule has 0 radical (unpaired) electrons. The molecule has 10 amide bonds. The lowest BCUT2D eigenvalue weighted by Gasteiger charge is -2.25. The molecular formula is C36H38F8N6O7S2. The smallest absolute Gasteiger partial charge is 0.335 e. The van der Waals surface area contributed by atoms with Gasteiger partial charge in [-0.05, 0) is 103 Å². The van der Waals surface area contributed by atoms with Gasteiger partial charge in [-0.25, -0.2) is 47.6 Å². The van der Waals surface area contributed by atoms with Gasteiger partial charge in [0.25, 0.3) is 11.8 Å². The zero-order valence-electron chi connectivity index (χ0n) is 32.2. The number of aryl methyl sites for hydroxylation is 2. The van der Waals surface area contributed by atoms with Crippen molar-refractivity contribution in [1.29, 1.82) is 0 Å². The molecule has 0 aromatic heterocycles. The van der Waals surface area contributed by atoms with Crippen molar-refractivity contribution in [2.24, 2.45) is 0 Å². The molecular weight excluding hydrogens is 845 g/mol. The maximum Gasteiger partial charge on any atom is 0.400 e. The number of benzene rings is 2. The number of imide groups is 4. The Kier molecular flexibility index (Phi) is 12.3. The van der Waals surface area contributed by atoms with Crippen LogP contribution in [0.2, 0.25) is 0 Å². The number of urea groups is 4.